The fourth-order valence-corrected chi connectivity index (χ4v) is 2.29. The Balaban J connectivity index is 0.000000963. The van der Waals surface area contributed by atoms with Crippen LogP contribution in [0.2, 0.25) is 0 Å². The molecule has 2 aliphatic rings. The van der Waals surface area contributed by atoms with Crippen LogP contribution in [0.3, 0.4) is 0 Å². The fourth-order valence-electron chi connectivity index (χ4n) is 2.29. The summed E-state index contributed by atoms with van der Waals surface area (Å²) in [7, 11) is 0. The second kappa shape index (κ2) is 4.28. The highest BCUT2D eigenvalue weighted by molar-refractivity contribution is 5.90. The van der Waals surface area contributed by atoms with E-state index in [2.05, 4.69) is 41.7 Å². The summed E-state index contributed by atoms with van der Waals surface area (Å²) in [6.45, 7) is 2.17. The molecule has 16 heavy (non-hydrogen) atoms. The molecule has 0 aromatic heterocycles. The lowest BCUT2D eigenvalue weighted by molar-refractivity contribution is 0.616. The number of nitrogens with one attached hydrogen (secondary N) is 1. The molecule has 0 saturated heterocycles. The van der Waals surface area contributed by atoms with Crippen molar-refractivity contribution in [1.29, 1.82) is 0 Å². The van der Waals surface area contributed by atoms with Crippen LogP contribution in [0.1, 0.15) is 43.9 Å². The maximum atomic E-state index is 4.46. The maximum Gasteiger partial charge on any atom is 0.0744 e. The van der Waals surface area contributed by atoms with Crippen LogP contribution in [-0.2, 0) is 0 Å². The van der Waals surface area contributed by atoms with E-state index in [9.17, 15) is 0 Å². The van der Waals surface area contributed by atoms with E-state index < -0.39 is 0 Å². The summed E-state index contributed by atoms with van der Waals surface area (Å²) in [6.07, 6.45) is 3.80. The second-order valence-corrected chi connectivity index (χ2v) is 4.62. The van der Waals surface area contributed by atoms with Gasteiger partial charge in [-0.3, -0.25) is 0 Å². The third kappa shape index (κ3) is 1.97. The van der Waals surface area contributed by atoms with Crippen LogP contribution in [-0.4, -0.2) is 5.71 Å². The number of hydrogen-bond donors (Lipinski definition) is 1. The van der Waals surface area contributed by atoms with E-state index in [1.807, 2.05) is 0 Å². The minimum Gasteiger partial charge on any atom is -0.302 e. The normalized spacial score (nSPS) is 23.3. The summed E-state index contributed by atoms with van der Waals surface area (Å²) in [5.41, 5.74) is 7.43. The minimum atomic E-state index is 0. The Morgan fingerprint density at radius 3 is 2.69 bits per heavy atom. The van der Waals surface area contributed by atoms with Gasteiger partial charge in [-0.15, -0.1) is 0 Å². The Morgan fingerprint density at radius 1 is 1.25 bits per heavy atom. The molecule has 1 atom stereocenters. The van der Waals surface area contributed by atoms with Crippen molar-refractivity contribution >= 4 is 5.71 Å². The predicted molar refractivity (Wildman–Crippen MR) is 68.6 cm³/mol. The van der Waals surface area contributed by atoms with Crippen LogP contribution in [0.25, 0.3) is 0 Å². The Bertz CT molecular complexity index is 405. The lowest BCUT2D eigenvalue weighted by Crippen LogP contribution is -2.11. The monoisotopic (exact) mass is 216 g/mol. The molecule has 0 radical (unpaired) electrons. The van der Waals surface area contributed by atoms with Crippen molar-refractivity contribution in [3.05, 3.63) is 35.4 Å². The molecule has 1 aliphatic carbocycles. The first-order valence-electron chi connectivity index (χ1n) is 5.72. The summed E-state index contributed by atoms with van der Waals surface area (Å²) in [6, 6.07) is 9.00. The van der Waals surface area contributed by atoms with Crippen LogP contribution in [0.5, 0.6) is 0 Å². The van der Waals surface area contributed by atoms with Crippen LogP contribution >= 0.6 is 0 Å². The van der Waals surface area contributed by atoms with Gasteiger partial charge >= 0.3 is 0 Å². The molecule has 0 spiro atoms. The maximum absolute atomic E-state index is 4.46. The van der Waals surface area contributed by atoms with Gasteiger partial charge in [-0.2, -0.15) is 5.10 Å². The number of hydrogen-bond acceptors (Lipinski definition) is 2. The van der Waals surface area contributed by atoms with E-state index in [4.69, 9.17) is 0 Å². The summed E-state index contributed by atoms with van der Waals surface area (Å²) in [5, 5.41) is 4.46. The van der Waals surface area contributed by atoms with E-state index in [0.29, 0.717) is 6.04 Å². The number of hydrazone groups is 1. The van der Waals surface area contributed by atoms with Crippen LogP contribution in [0.15, 0.2) is 29.4 Å². The zero-order valence-electron chi connectivity index (χ0n) is 9.03. The van der Waals surface area contributed by atoms with Crippen LogP contribution < -0.4 is 5.43 Å². The highest BCUT2D eigenvalue weighted by atomic mass is 15.3. The number of aryl methyl sites for hydroxylation is 1. The highest BCUT2D eigenvalue weighted by Crippen LogP contribution is 2.36. The van der Waals surface area contributed by atoms with Crippen molar-refractivity contribution < 1.29 is 0 Å². The molecule has 2 heteroatoms. The topological polar surface area (TPSA) is 24.4 Å². The van der Waals surface area contributed by atoms with Gasteiger partial charge in [0.05, 0.1) is 6.04 Å². The standard InChI is InChI=1S/C13H16N2.CH4/c1-9-4-2-3-5-11(9)13-8-12(14-15-13)10-6-7-10;/h2-5,10,13,15H,6-8H2,1H3;1H4. The molecular formula is C14H20N2. The summed E-state index contributed by atoms with van der Waals surface area (Å²) in [5.74, 6) is 0.798. The van der Waals surface area contributed by atoms with Crippen molar-refractivity contribution in [3.63, 3.8) is 0 Å². The van der Waals surface area contributed by atoms with Crippen molar-refractivity contribution in [2.24, 2.45) is 11.0 Å². The molecule has 1 aromatic carbocycles. The lowest BCUT2D eigenvalue weighted by atomic mass is 9.97. The van der Waals surface area contributed by atoms with E-state index in [-0.39, 0.29) is 7.43 Å². The van der Waals surface area contributed by atoms with Gasteiger partial charge in [0.25, 0.3) is 0 Å². The zero-order chi connectivity index (χ0) is 10.3. The first-order valence-corrected chi connectivity index (χ1v) is 5.72. The number of rotatable bonds is 2. The molecule has 3 rings (SSSR count). The van der Waals surface area contributed by atoms with Gasteiger partial charge in [0, 0.05) is 12.1 Å². The van der Waals surface area contributed by atoms with Gasteiger partial charge < -0.3 is 5.43 Å². The predicted octanol–water partition coefficient (Wildman–Crippen LogP) is 3.43. The largest absolute Gasteiger partial charge is 0.302 e. The molecule has 1 unspecified atom stereocenters. The molecule has 1 heterocycles. The molecule has 0 bridgehead atoms. The number of nitrogens with zero attached hydrogens (tertiary/aromatic N) is 1. The average molecular weight is 216 g/mol. The number of benzene rings is 1. The van der Waals surface area contributed by atoms with E-state index >= 15 is 0 Å². The Morgan fingerprint density at radius 2 is 2.00 bits per heavy atom. The van der Waals surface area contributed by atoms with Gasteiger partial charge in [-0.05, 0) is 36.8 Å². The lowest BCUT2D eigenvalue weighted by Gasteiger charge is -2.12. The molecular weight excluding hydrogens is 196 g/mol. The zero-order valence-corrected chi connectivity index (χ0v) is 9.03. The van der Waals surface area contributed by atoms with Gasteiger partial charge in [0.2, 0.25) is 0 Å². The van der Waals surface area contributed by atoms with E-state index in [0.717, 1.165) is 12.3 Å². The van der Waals surface area contributed by atoms with Crippen LogP contribution in [0, 0.1) is 12.8 Å². The second-order valence-electron chi connectivity index (χ2n) is 4.62. The van der Waals surface area contributed by atoms with Crippen molar-refractivity contribution in [2.75, 3.05) is 0 Å². The molecule has 86 valence electrons. The minimum absolute atomic E-state index is 0. The van der Waals surface area contributed by atoms with Crippen LogP contribution in [0.4, 0.5) is 0 Å². The molecule has 1 fully saturated rings. The summed E-state index contributed by atoms with van der Waals surface area (Å²) < 4.78 is 0. The fraction of sp³-hybridized carbons (Fsp3) is 0.500. The molecule has 1 aliphatic heterocycles. The Labute approximate surface area is 97.8 Å². The van der Waals surface area contributed by atoms with Crippen molar-refractivity contribution in [3.8, 4) is 0 Å². The van der Waals surface area contributed by atoms with Crippen molar-refractivity contribution in [2.45, 2.75) is 39.7 Å². The summed E-state index contributed by atoms with van der Waals surface area (Å²) in [4.78, 5) is 0. The van der Waals surface area contributed by atoms with E-state index in [1.54, 1.807) is 0 Å². The van der Waals surface area contributed by atoms with Gasteiger partial charge in [-0.25, -0.2) is 0 Å². The first-order chi connectivity index (χ1) is 7.34. The quantitative estimate of drug-likeness (QED) is 0.804. The molecule has 1 saturated carbocycles. The van der Waals surface area contributed by atoms with Gasteiger partial charge in [0.15, 0.2) is 0 Å². The Hall–Kier alpha value is -1.31. The first kappa shape index (κ1) is 11.2. The molecule has 0 amide bonds. The van der Waals surface area contributed by atoms with E-state index in [1.165, 1.54) is 29.7 Å². The summed E-state index contributed by atoms with van der Waals surface area (Å²) >= 11 is 0. The van der Waals surface area contributed by atoms with Gasteiger partial charge in [-0.1, -0.05) is 31.7 Å². The Kier molecular flexibility index (Phi) is 2.99. The van der Waals surface area contributed by atoms with Crippen molar-refractivity contribution in [1.82, 2.24) is 5.43 Å². The third-order valence-electron chi connectivity index (χ3n) is 3.39. The SMILES string of the molecule is C.Cc1ccccc1C1CC(C2CC2)=NN1. The molecule has 1 N–H and O–H groups in total. The molecule has 2 nitrogen and oxygen atoms in total. The average Bonchev–Trinajstić information content (AvgIpc) is 2.99. The smallest absolute Gasteiger partial charge is 0.0744 e. The third-order valence-corrected chi connectivity index (χ3v) is 3.39. The highest BCUT2D eigenvalue weighted by Gasteiger charge is 2.33. The molecule has 1 aromatic rings. The van der Waals surface area contributed by atoms with Gasteiger partial charge in [0.1, 0.15) is 0 Å².